The molecule has 0 saturated carbocycles. The first-order valence-corrected chi connectivity index (χ1v) is 8.23. The molecule has 1 aliphatic heterocycles. The van der Waals surface area contributed by atoms with E-state index >= 15 is 0 Å². The predicted molar refractivity (Wildman–Crippen MR) is 81.9 cm³/mol. The molecule has 6 heteroatoms. The lowest BCUT2D eigenvalue weighted by Crippen LogP contribution is -2.43. The molecule has 0 spiro atoms. The summed E-state index contributed by atoms with van der Waals surface area (Å²) in [5.41, 5.74) is 0.0946. The SMILES string of the molecule is CC(C)(C)OC(=O)[C@H]1CCCN1C(=O)c1csc(Br)c1. The minimum Gasteiger partial charge on any atom is -0.458 e. The highest BCUT2D eigenvalue weighted by Crippen LogP contribution is 2.26. The van der Waals surface area contributed by atoms with Crippen molar-refractivity contribution in [3.8, 4) is 0 Å². The van der Waals surface area contributed by atoms with Crippen molar-refractivity contribution in [2.75, 3.05) is 6.54 Å². The second-order valence-corrected chi connectivity index (χ2v) is 8.12. The third-order valence-electron chi connectivity index (χ3n) is 3.01. The van der Waals surface area contributed by atoms with Gasteiger partial charge in [-0.05, 0) is 55.6 Å². The van der Waals surface area contributed by atoms with E-state index in [-0.39, 0.29) is 11.9 Å². The summed E-state index contributed by atoms with van der Waals surface area (Å²) in [5, 5.41) is 1.80. The molecule has 1 aromatic rings. The summed E-state index contributed by atoms with van der Waals surface area (Å²) in [5.74, 6) is -0.405. The van der Waals surface area contributed by atoms with E-state index in [0.717, 1.165) is 10.2 Å². The van der Waals surface area contributed by atoms with Gasteiger partial charge in [0.25, 0.3) is 5.91 Å². The van der Waals surface area contributed by atoms with Crippen LogP contribution >= 0.6 is 27.3 Å². The van der Waals surface area contributed by atoms with Crippen LogP contribution in [0.5, 0.6) is 0 Å². The molecule has 0 aromatic carbocycles. The van der Waals surface area contributed by atoms with Gasteiger partial charge < -0.3 is 9.64 Å². The fourth-order valence-electron chi connectivity index (χ4n) is 2.21. The summed E-state index contributed by atoms with van der Waals surface area (Å²) in [6.07, 6.45) is 1.51. The number of likely N-dealkylation sites (tertiary alicyclic amines) is 1. The van der Waals surface area contributed by atoms with Gasteiger partial charge in [-0.3, -0.25) is 4.79 Å². The van der Waals surface area contributed by atoms with Crippen LogP contribution in [-0.2, 0) is 9.53 Å². The maximum Gasteiger partial charge on any atom is 0.329 e. The quantitative estimate of drug-likeness (QED) is 0.759. The van der Waals surface area contributed by atoms with Crippen LogP contribution in [-0.4, -0.2) is 35.0 Å². The predicted octanol–water partition coefficient (Wildman–Crippen LogP) is 3.46. The van der Waals surface area contributed by atoms with Crippen molar-refractivity contribution in [1.82, 2.24) is 4.90 Å². The number of ether oxygens (including phenoxy) is 1. The van der Waals surface area contributed by atoms with Crippen LogP contribution < -0.4 is 0 Å². The minimum absolute atomic E-state index is 0.0969. The Balaban J connectivity index is 2.11. The number of amides is 1. The van der Waals surface area contributed by atoms with Gasteiger partial charge in [-0.25, -0.2) is 4.79 Å². The molecule has 1 aromatic heterocycles. The van der Waals surface area contributed by atoms with Gasteiger partial charge >= 0.3 is 5.97 Å². The molecule has 0 unspecified atom stereocenters. The van der Waals surface area contributed by atoms with Crippen LogP contribution in [0.2, 0.25) is 0 Å². The molecule has 0 aliphatic carbocycles. The minimum atomic E-state index is -0.528. The van der Waals surface area contributed by atoms with Crippen molar-refractivity contribution in [2.24, 2.45) is 0 Å². The molecular formula is C14H18BrNO3S. The smallest absolute Gasteiger partial charge is 0.329 e. The van der Waals surface area contributed by atoms with Gasteiger partial charge in [0.2, 0.25) is 0 Å². The molecule has 0 bridgehead atoms. The van der Waals surface area contributed by atoms with Gasteiger partial charge in [0, 0.05) is 11.9 Å². The fraction of sp³-hybridized carbons (Fsp3) is 0.571. The van der Waals surface area contributed by atoms with Crippen molar-refractivity contribution in [3.63, 3.8) is 0 Å². The highest BCUT2D eigenvalue weighted by Gasteiger charge is 2.37. The number of carbonyl (C=O) groups is 2. The first kappa shape index (κ1) is 15.5. The Kier molecular flexibility index (Phi) is 4.54. The first-order valence-electron chi connectivity index (χ1n) is 6.56. The maximum absolute atomic E-state index is 12.4. The highest BCUT2D eigenvalue weighted by molar-refractivity contribution is 9.11. The Morgan fingerprint density at radius 2 is 2.15 bits per heavy atom. The zero-order valence-electron chi connectivity index (χ0n) is 11.8. The molecular weight excluding hydrogens is 342 g/mol. The number of rotatable bonds is 2. The van der Waals surface area contributed by atoms with Crippen molar-refractivity contribution in [3.05, 3.63) is 20.8 Å². The van der Waals surface area contributed by atoms with Crippen LogP contribution in [0.15, 0.2) is 15.2 Å². The lowest BCUT2D eigenvalue weighted by atomic mass is 10.1. The molecule has 1 saturated heterocycles. The van der Waals surface area contributed by atoms with E-state index in [1.54, 1.807) is 16.3 Å². The van der Waals surface area contributed by atoms with Gasteiger partial charge in [0.1, 0.15) is 11.6 Å². The Labute approximate surface area is 131 Å². The normalized spacial score (nSPS) is 19.2. The fourth-order valence-corrected chi connectivity index (χ4v) is 3.34. The molecule has 0 radical (unpaired) electrons. The van der Waals surface area contributed by atoms with E-state index < -0.39 is 11.6 Å². The molecule has 20 heavy (non-hydrogen) atoms. The molecule has 2 heterocycles. The number of thiophene rings is 1. The third kappa shape index (κ3) is 3.61. The van der Waals surface area contributed by atoms with E-state index in [0.29, 0.717) is 18.5 Å². The van der Waals surface area contributed by atoms with Crippen LogP contribution in [0.25, 0.3) is 0 Å². The topological polar surface area (TPSA) is 46.6 Å². The van der Waals surface area contributed by atoms with E-state index in [1.165, 1.54) is 11.3 Å². The lowest BCUT2D eigenvalue weighted by Gasteiger charge is -2.27. The van der Waals surface area contributed by atoms with Crippen molar-refractivity contribution in [1.29, 1.82) is 0 Å². The highest BCUT2D eigenvalue weighted by atomic mass is 79.9. The second-order valence-electron chi connectivity index (χ2n) is 5.83. The molecule has 1 amide bonds. The number of hydrogen-bond acceptors (Lipinski definition) is 4. The number of nitrogens with zero attached hydrogens (tertiary/aromatic N) is 1. The van der Waals surface area contributed by atoms with Gasteiger partial charge in [-0.2, -0.15) is 0 Å². The Hall–Kier alpha value is -0.880. The molecule has 110 valence electrons. The van der Waals surface area contributed by atoms with Crippen LogP contribution in [0.3, 0.4) is 0 Å². The lowest BCUT2D eigenvalue weighted by molar-refractivity contribution is -0.159. The van der Waals surface area contributed by atoms with Gasteiger partial charge in [0.15, 0.2) is 0 Å². The number of carbonyl (C=O) groups excluding carboxylic acids is 2. The van der Waals surface area contributed by atoms with Gasteiger partial charge in [0.05, 0.1) is 9.35 Å². The van der Waals surface area contributed by atoms with E-state index in [2.05, 4.69) is 15.9 Å². The third-order valence-corrected chi connectivity index (χ3v) is 4.51. The Bertz CT molecular complexity index is 521. The largest absolute Gasteiger partial charge is 0.458 e. The molecule has 4 nitrogen and oxygen atoms in total. The molecule has 1 atom stereocenters. The van der Waals surface area contributed by atoms with Gasteiger partial charge in [-0.15, -0.1) is 11.3 Å². The second kappa shape index (κ2) is 5.85. The van der Waals surface area contributed by atoms with E-state index in [1.807, 2.05) is 20.8 Å². The summed E-state index contributed by atoms with van der Waals surface area (Å²) in [7, 11) is 0. The van der Waals surface area contributed by atoms with Crippen molar-refractivity contribution in [2.45, 2.75) is 45.3 Å². The average Bonchev–Trinajstić information content (AvgIpc) is 2.93. The van der Waals surface area contributed by atoms with Crippen LogP contribution in [0.4, 0.5) is 0 Å². The molecule has 1 aliphatic rings. The number of hydrogen-bond donors (Lipinski definition) is 0. The van der Waals surface area contributed by atoms with Gasteiger partial charge in [-0.1, -0.05) is 0 Å². The summed E-state index contributed by atoms with van der Waals surface area (Å²) < 4.78 is 6.31. The van der Waals surface area contributed by atoms with Crippen molar-refractivity contribution < 1.29 is 14.3 Å². The standard InChI is InChI=1S/C14H18BrNO3S/c1-14(2,3)19-13(18)10-5-4-6-16(10)12(17)9-7-11(15)20-8-9/h7-8,10H,4-6H2,1-3H3/t10-/m1/s1. The molecule has 1 fully saturated rings. The zero-order chi connectivity index (χ0) is 14.9. The Morgan fingerprint density at radius 1 is 1.45 bits per heavy atom. The Morgan fingerprint density at radius 3 is 2.70 bits per heavy atom. The van der Waals surface area contributed by atoms with E-state index in [4.69, 9.17) is 4.74 Å². The monoisotopic (exact) mass is 359 g/mol. The summed E-state index contributed by atoms with van der Waals surface area (Å²) in [6.45, 7) is 6.11. The average molecular weight is 360 g/mol. The molecule has 0 N–H and O–H groups in total. The number of halogens is 1. The first-order chi connectivity index (χ1) is 9.28. The summed E-state index contributed by atoms with van der Waals surface area (Å²) in [6, 6.07) is 1.33. The van der Waals surface area contributed by atoms with Crippen LogP contribution in [0.1, 0.15) is 44.0 Å². The maximum atomic E-state index is 12.4. The van der Waals surface area contributed by atoms with E-state index in [9.17, 15) is 9.59 Å². The number of esters is 1. The van der Waals surface area contributed by atoms with Crippen molar-refractivity contribution >= 4 is 39.1 Å². The zero-order valence-corrected chi connectivity index (χ0v) is 14.2. The van der Waals surface area contributed by atoms with Crippen LogP contribution in [0, 0.1) is 0 Å². The summed E-state index contributed by atoms with van der Waals surface area (Å²) >= 11 is 4.81. The molecule has 2 rings (SSSR count). The summed E-state index contributed by atoms with van der Waals surface area (Å²) in [4.78, 5) is 26.3.